The minimum Gasteiger partial charge on any atom is -0.354 e. The Kier molecular flexibility index (Phi) is 6.80. The lowest BCUT2D eigenvalue weighted by Gasteiger charge is -2.26. The van der Waals surface area contributed by atoms with Crippen LogP contribution in [0.2, 0.25) is 0 Å². The number of nitrogens with zero attached hydrogens (tertiary/aromatic N) is 4. The van der Waals surface area contributed by atoms with Crippen molar-refractivity contribution in [3.8, 4) is 16.6 Å². The number of nitrogens with one attached hydrogen (secondary N) is 1. The first kappa shape index (κ1) is 24.7. The summed E-state index contributed by atoms with van der Waals surface area (Å²) in [5.41, 5.74) is 1.72. The van der Waals surface area contributed by atoms with Crippen LogP contribution in [0.3, 0.4) is 0 Å². The lowest BCUT2D eigenvalue weighted by Crippen LogP contribution is -2.44. The number of benzene rings is 2. The van der Waals surface area contributed by atoms with Gasteiger partial charge in [0, 0.05) is 23.9 Å². The maximum absolute atomic E-state index is 13.7. The number of rotatable bonds is 6. The highest BCUT2D eigenvalue weighted by Gasteiger charge is 2.38. The minimum absolute atomic E-state index is 0.0968. The summed E-state index contributed by atoms with van der Waals surface area (Å²) < 4.78 is 42.2. The Morgan fingerprint density at radius 2 is 1.92 bits per heavy atom. The molecular weight excluding hydrogens is 499 g/mol. The molecule has 10 heteroatoms. The van der Waals surface area contributed by atoms with Gasteiger partial charge in [-0.25, -0.2) is 9.97 Å². The molecule has 2 aromatic heterocycles. The number of halogens is 3. The second-order valence-electron chi connectivity index (χ2n) is 8.78. The van der Waals surface area contributed by atoms with Gasteiger partial charge < -0.3 is 10.2 Å². The van der Waals surface area contributed by atoms with E-state index in [0.717, 1.165) is 15.6 Å². The van der Waals surface area contributed by atoms with Crippen molar-refractivity contribution in [2.45, 2.75) is 31.5 Å². The molecule has 0 spiro atoms. The maximum Gasteiger partial charge on any atom is 0.451 e. The summed E-state index contributed by atoms with van der Waals surface area (Å²) in [7, 11) is 0. The molecule has 1 aliphatic rings. The second kappa shape index (κ2) is 10.2. The molecular formula is C27H22F3N5OS. The Bertz CT molecular complexity index is 1440. The molecule has 0 bridgehead atoms. The van der Waals surface area contributed by atoms with E-state index >= 15 is 0 Å². The number of thiophene rings is 1. The standard InChI is InChI=1S/C27H22F3N5OS/c28-27(29,30)26-33-20(23-14-19-4-1-2-6-22(19)37-23)15-24(34-26)35-13-3-5-21(35)25(36)32-12-11-17-7-9-18(16-31)10-8-17/h1-2,4,6-10,14-15,21H,3,5,11-13H2,(H,32,36)/t21-/m0/s1. The molecule has 6 nitrogen and oxygen atoms in total. The molecule has 0 unspecified atom stereocenters. The smallest absolute Gasteiger partial charge is 0.354 e. The molecule has 37 heavy (non-hydrogen) atoms. The summed E-state index contributed by atoms with van der Waals surface area (Å²) in [4.78, 5) is 22.9. The van der Waals surface area contributed by atoms with Gasteiger partial charge in [0.1, 0.15) is 11.9 Å². The molecule has 0 aliphatic carbocycles. The summed E-state index contributed by atoms with van der Waals surface area (Å²) in [5, 5.41) is 12.7. The predicted octanol–water partition coefficient (Wildman–Crippen LogP) is 5.58. The molecule has 1 atom stereocenters. The Morgan fingerprint density at radius 3 is 2.65 bits per heavy atom. The first-order valence-corrected chi connectivity index (χ1v) is 12.6. The van der Waals surface area contributed by atoms with E-state index in [9.17, 15) is 18.0 Å². The molecule has 2 aromatic carbocycles. The number of amides is 1. The van der Waals surface area contributed by atoms with Crippen LogP contribution in [0.4, 0.5) is 19.0 Å². The van der Waals surface area contributed by atoms with Crippen LogP contribution in [0, 0.1) is 11.3 Å². The Labute approximate surface area is 215 Å². The molecule has 4 aromatic rings. The zero-order valence-electron chi connectivity index (χ0n) is 19.6. The molecule has 0 radical (unpaired) electrons. The van der Waals surface area contributed by atoms with Crippen LogP contribution in [0.15, 0.2) is 60.7 Å². The van der Waals surface area contributed by atoms with Gasteiger partial charge in [-0.15, -0.1) is 11.3 Å². The summed E-state index contributed by atoms with van der Waals surface area (Å²) in [6.07, 6.45) is -2.96. The number of aromatic nitrogens is 2. The van der Waals surface area contributed by atoms with Crippen LogP contribution in [0.5, 0.6) is 0 Å². The van der Waals surface area contributed by atoms with E-state index in [1.54, 1.807) is 23.1 Å². The molecule has 1 aliphatic heterocycles. The fraction of sp³-hybridized carbons (Fsp3) is 0.259. The van der Waals surface area contributed by atoms with Gasteiger partial charge in [-0.2, -0.15) is 18.4 Å². The monoisotopic (exact) mass is 521 g/mol. The number of carbonyl (C=O) groups is 1. The number of hydrogen-bond donors (Lipinski definition) is 1. The van der Waals surface area contributed by atoms with Gasteiger partial charge in [0.2, 0.25) is 11.7 Å². The van der Waals surface area contributed by atoms with Crippen molar-refractivity contribution in [3.05, 3.63) is 77.6 Å². The highest BCUT2D eigenvalue weighted by molar-refractivity contribution is 7.22. The lowest BCUT2D eigenvalue weighted by molar-refractivity contribution is -0.144. The highest BCUT2D eigenvalue weighted by atomic mass is 32.1. The number of fused-ring (bicyclic) bond motifs is 1. The first-order chi connectivity index (χ1) is 17.8. The van der Waals surface area contributed by atoms with Gasteiger partial charge in [0.25, 0.3) is 0 Å². The number of anilines is 1. The van der Waals surface area contributed by atoms with Crippen LogP contribution in [-0.2, 0) is 17.4 Å². The van der Waals surface area contributed by atoms with Crippen LogP contribution in [0.1, 0.15) is 29.8 Å². The topological polar surface area (TPSA) is 81.9 Å². The van der Waals surface area contributed by atoms with Gasteiger partial charge in [0.05, 0.1) is 22.2 Å². The lowest BCUT2D eigenvalue weighted by atomic mass is 10.1. The van der Waals surface area contributed by atoms with Crippen LogP contribution in [0.25, 0.3) is 20.7 Å². The largest absolute Gasteiger partial charge is 0.451 e. The molecule has 5 rings (SSSR count). The number of hydrogen-bond acceptors (Lipinski definition) is 6. The van der Waals surface area contributed by atoms with E-state index < -0.39 is 18.0 Å². The van der Waals surface area contributed by atoms with Gasteiger partial charge in [-0.1, -0.05) is 30.3 Å². The third-order valence-corrected chi connectivity index (χ3v) is 7.43. The predicted molar refractivity (Wildman–Crippen MR) is 136 cm³/mol. The Balaban J connectivity index is 1.37. The maximum atomic E-state index is 13.7. The summed E-state index contributed by atoms with van der Waals surface area (Å²) in [6.45, 7) is 0.799. The van der Waals surface area contributed by atoms with Crippen molar-refractivity contribution in [1.29, 1.82) is 5.26 Å². The van der Waals surface area contributed by atoms with Crippen LogP contribution >= 0.6 is 11.3 Å². The Morgan fingerprint density at radius 1 is 1.14 bits per heavy atom. The SMILES string of the molecule is N#Cc1ccc(CCNC(=O)[C@@H]2CCCN2c2cc(-c3cc4ccccc4s3)nc(C(F)(F)F)n2)cc1. The van der Waals surface area contributed by atoms with E-state index in [1.165, 1.54) is 11.3 Å². The van der Waals surface area contributed by atoms with E-state index in [1.807, 2.05) is 42.5 Å². The third-order valence-electron chi connectivity index (χ3n) is 6.29. The molecule has 1 N–H and O–H groups in total. The molecule has 1 saturated heterocycles. The fourth-order valence-electron chi connectivity index (χ4n) is 4.45. The van der Waals surface area contributed by atoms with Crippen molar-refractivity contribution in [2.24, 2.45) is 0 Å². The van der Waals surface area contributed by atoms with E-state index in [-0.39, 0.29) is 17.4 Å². The third kappa shape index (κ3) is 5.42. The number of alkyl halides is 3. The second-order valence-corrected chi connectivity index (χ2v) is 9.87. The van der Waals surface area contributed by atoms with Crippen LogP contribution < -0.4 is 10.2 Å². The van der Waals surface area contributed by atoms with Crippen molar-refractivity contribution < 1.29 is 18.0 Å². The van der Waals surface area contributed by atoms with Gasteiger partial charge in [0.15, 0.2) is 0 Å². The first-order valence-electron chi connectivity index (χ1n) is 11.8. The highest BCUT2D eigenvalue weighted by Crippen LogP contribution is 2.37. The number of carbonyl (C=O) groups excluding carboxylic acids is 1. The van der Waals surface area contributed by atoms with E-state index in [2.05, 4.69) is 21.4 Å². The van der Waals surface area contributed by atoms with E-state index in [0.29, 0.717) is 42.8 Å². The summed E-state index contributed by atoms with van der Waals surface area (Å²) >= 11 is 1.37. The quantitative estimate of drug-likeness (QED) is 0.358. The van der Waals surface area contributed by atoms with Crippen LogP contribution in [-0.4, -0.2) is 35.0 Å². The molecule has 0 saturated carbocycles. The molecule has 1 amide bonds. The zero-order valence-corrected chi connectivity index (χ0v) is 20.4. The molecule has 1 fully saturated rings. The summed E-state index contributed by atoms with van der Waals surface area (Å²) in [5.74, 6) is -1.37. The molecule has 188 valence electrons. The summed E-state index contributed by atoms with van der Waals surface area (Å²) in [6, 6.07) is 19.5. The average molecular weight is 522 g/mol. The number of nitriles is 1. The molecule has 3 heterocycles. The van der Waals surface area contributed by atoms with Gasteiger partial charge in [-0.05, 0) is 54.5 Å². The van der Waals surface area contributed by atoms with Crippen molar-refractivity contribution in [1.82, 2.24) is 15.3 Å². The minimum atomic E-state index is -4.72. The zero-order chi connectivity index (χ0) is 26.0. The Hall–Kier alpha value is -3.97. The average Bonchev–Trinajstić information content (AvgIpc) is 3.56. The normalized spacial score (nSPS) is 15.6. The fourth-order valence-corrected chi connectivity index (χ4v) is 5.47. The van der Waals surface area contributed by atoms with Crippen molar-refractivity contribution >= 4 is 33.1 Å². The van der Waals surface area contributed by atoms with Crippen molar-refractivity contribution in [3.63, 3.8) is 0 Å². The van der Waals surface area contributed by atoms with Gasteiger partial charge >= 0.3 is 6.18 Å². The van der Waals surface area contributed by atoms with Crippen molar-refractivity contribution in [2.75, 3.05) is 18.0 Å². The van der Waals surface area contributed by atoms with E-state index in [4.69, 9.17) is 5.26 Å². The van der Waals surface area contributed by atoms with Gasteiger partial charge in [-0.3, -0.25) is 4.79 Å².